The van der Waals surface area contributed by atoms with E-state index in [4.69, 9.17) is 4.74 Å². The summed E-state index contributed by atoms with van der Waals surface area (Å²) in [6.07, 6.45) is 3.82. The highest BCUT2D eigenvalue weighted by Gasteiger charge is 2.23. The number of nitrogens with zero attached hydrogens (tertiary/aromatic N) is 1. The van der Waals surface area contributed by atoms with Gasteiger partial charge in [0.2, 0.25) is 0 Å². The third-order valence-corrected chi connectivity index (χ3v) is 3.95. The fourth-order valence-electron chi connectivity index (χ4n) is 2.80. The maximum atomic E-state index is 11.7. The number of carbonyl (C=O) groups excluding carboxylic acids is 1. The van der Waals surface area contributed by atoms with E-state index >= 15 is 0 Å². The first-order valence-electron chi connectivity index (χ1n) is 7.34. The third kappa shape index (κ3) is 2.22. The van der Waals surface area contributed by atoms with Gasteiger partial charge in [0.05, 0.1) is 5.69 Å². The standard InChI is InChI=1S/C18H16N2O2/c1-12-18(21)19-16-8-13(6-7-17(16)22-12)9-20-10-14-4-2-3-5-15(14)11-20/h2-8,10-12H,9H2,1H3,(H,19,21). The van der Waals surface area contributed by atoms with Gasteiger partial charge in [-0.15, -0.1) is 0 Å². The molecule has 4 nitrogen and oxygen atoms in total. The second kappa shape index (κ2) is 4.91. The normalized spacial score (nSPS) is 17.0. The molecule has 0 spiro atoms. The second-order valence-electron chi connectivity index (χ2n) is 5.64. The molecule has 0 bridgehead atoms. The summed E-state index contributed by atoms with van der Waals surface area (Å²) >= 11 is 0. The van der Waals surface area contributed by atoms with Crippen molar-refractivity contribution in [3.05, 3.63) is 60.4 Å². The predicted molar refractivity (Wildman–Crippen MR) is 86.2 cm³/mol. The van der Waals surface area contributed by atoms with Gasteiger partial charge >= 0.3 is 0 Å². The van der Waals surface area contributed by atoms with Crippen LogP contribution in [-0.4, -0.2) is 16.6 Å². The van der Waals surface area contributed by atoms with Gasteiger partial charge in [0.1, 0.15) is 5.75 Å². The first kappa shape index (κ1) is 13.0. The van der Waals surface area contributed by atoms with Crippen molar-refractivity contribution in [3.8, 4) is 5.75 Å². The fourth-order valence-corrected chi connectivity index (χ4v) is 2.80. The molecule has 3 aromatic rings. The molecule has 2 aromatic carbocycles. The number of hydrogen-bond acceptors (Lipinski definition) is 2. The summed E-state index contributed by atoms with van der Waals surface area (Å²) in [6.45, 7) is 2.50. The number of carbonyl (C=O) groups is 1. The van der Waals surface area contributed by atoms with Crippen LogP contribution in [0.15, 0.2) is 54.9 Å². The molecular formula is C18H16N2O2. The molecular weight excluding hydrogens is 276 g/mol. The van der Waals surface area contributed by atoms with Crippen LogP contribution in [0.25, 0.3) is 10.8 Å². The number of aromatic nitrogens is 1. The average molecular weight is 292 g/mol. The lowest BCUT2D eigenvalue weighted by atomic mass is 10.1. The van der Waals surface area contributed by atoms with Gasteiger partial charge in [-0.25, -0.2) is 0 Å². The number of hydrogen-bond donors (Lipinski definition) is 1. The Morgan fingerprint density at radius 2 is 1.86 bits per heavy atom. The first-order valence-corrected chi connectivity index (χ1v) is 7.34. The van der Waals surface area contributed by atoms with Crippen molar-refractivity contribution in [2.45, 2.75) is 19.6 Å². The summed E-state index contributed by atoms with van der Waals surface area (Å²) < 4.78 is 7.73. The summed E-state index contributed by atoms with van der Waals surface area (Å²) in [5.74, 6) is 0.630. The fraction of sp³-hybridized carbons (Fsp3) is 0.167. The van der Waals surface area contributed by atoms with Gasteiger partial charge in [-0.1, -0.05) is 30.3 Å². The van der Waals surface area contributed by atoms with Crippen molar-refractivity contribution in [3.63, 3.8) is 0 Å². The molecule has 4 heteroatoms. The Balaban J connectivity index is 1.63. The molecule has 1 unspecified atom stereocenters. The number of fused-ring (bicyclic) bond motifs is 2. The SMILES string of the molecule is CC1Oc2ccc(Cn3cc4ccccc4c3)cc2NC1=O. The van der Waals surface area contributed by atoms with E-state index in [-0.39, 0.29) is 5.91 Å². The van der Waals surface area contributed by atoms with Gasteiger partial charge in [0, 0.05) is 18.9 Å². The van der Waals surface area contributed by atoms with Crippen LogP contribution in [-0.2, 0) is 11.3 Å². The Kier molecular flexibility index (Phi) is 2.89. The molecule has 1 aliphatic heterocycles. The van der Waals surface area contributed by atoms with E-state index in [1.54, 1.807) is 6.92 Å². The summed E-state index contributed by atoms with van der Waals surface area (Å²) in [7, 11) is 0. The Hall–Kier alpha value is -2.75. The van der Waals surface area contributed by atoms with E-state index in [2.05, 4.69) is 34.4 Å². The summed E-state index contributed by atoms with van der Waals surface area (Å²) in [4.78, 5) is 11.7. The largest absolute Gasteiger partial charge is 0.479 e. The van der Waals surface area contributed by atoms with Crippen LogP contribution < -0.4 is 10.1 Å². The second-order valence-corrected chi connectivity index (χ2v) is 5.64. The van der Waals surface area contributed by atoms with E-state index in [0.717, 1.165) is 23.5 Å². The van der Waals surface area contributed by atoms with E-state index in [9.17, 15) is 4.79 Å². The van der Waals surface area contributed by atoms with Crippen molar-refractivity contribution in [2.75, 3.05) is 5.32 Å². The lowest BCUT2D eigenvalue weighted by Crippen LogP contribution is -2.34. The van der Waals surface area contributed by atoms with Crippen LogP contribution >= 0.6 is 0 Å². The zero-order valence-corrected chi connectivity index (χ0v) is 12.2. The van der Waals surface area contributed by atoms with Crippen LogP contribution in [0.4, 0.5) is 5.69 Å². The van der Waals surface area contributed by atoms with Crippen LogP contribution in [0.1, 0.15) is 12.5 Å². The molecule has 0 fully saturated rings. The molecule has 22 heavy (non-hydrogen) atoms. The number of anilines is 1. The van der Waals surface area contributed by atoms with Crippen LogP contribution in [0, 0.1) is 0 Å². The van der Waals surface area contributed by atoms with Gasteiger partial charge in [-0.3, -0.25) is 4.79 Å². The molecule has 2 heterocycles. The van der Waals surface area contributed by atoms with Crippen molar-refractivity contribution >= 4 is 22.4 Å². The lowest BCUT2D eigenvalue weighted by Gasteiger charge is -2.23. The van der Waals surface area contributed by atoms with Crippen LogP contribution in [0.3, 0.4) is 0 Å². The number of rotatable bonds is 2. The zero-order chi connectivity index (χ0) is 15.1. The van der Waals surface area contributed by atoms with Gasteiger partial charge < -0.3 is 14.6 Å². The summed E-state index contributed by atoms with van der Waals surface area (Å²) in [5, 5.41) is 5.34. The Morgan fingerprint density at radius 3 is 2.59 bits per heavy atom. The summed E-state index contributed by atoms with van der Waals surface area (Å²) in [5.41, 5.74) is 1.87. The van der Waals surface area contributed by atoms with E-state index in [0.29, 0.717) is 0 Å². The van der Waals surface area contributed by atoms with E-state index in [1.165, 1.54) is 10.8 Å². The Bertz CT molecular complexity index is 833. The van der Waals surface area contributed by atoms with E-state index in [1.807, 2.05) is 30.3 Å². The van der Waals surface area contributed by atoms with Gasteiger partial charge in [-0.05, 0) is 35.4 Å². The maximum Gasteiger partial charge on any atom is 0.265 e. The highest BCUT2D eigenvalue weighted by Crippen LogP contribution is 2.30. The molecule has 1 aliphatic rings. The maximum absolute atomic E-state index is 11.7. The minimum Gasteiger partial charge on any atom is -0.479 e. The topological polar surface area (TPSA) is 43.3 Å². The molecule has 110 valence electrons. The number of ether oxygens (including phenoxy) is 1. The smallest absolute Gasteiger partial charge is 0.265 e. The van der Waals surface area contributed by atoms with Gasteiger partial charge in [0.25, 0.3) is 5.91 Å². The molecule has 1 amide bonds. The molecule has 1 atom stereocenters. The molecule has 0 saturated heterocycles. The van der Waals surface area contributed by atoms with Crippen LogP contribution in [0.5, 0.6) is 5.75 Å². The average Bonchev–Trinajstić information content (AvgIpc) is 2.91. The Morgan fingerprint density at radius 1 is 1.14 bits per heavy atom. The molecule has 1 aromatic heterocycles. The minimum absolute atomic E-state index is 0.101. The third-order valence-electron chi connectivity index (χ3n) is 3.95. The molecule has 0 aliphatic carbocycles. The van der Waals surface area contributed by atoms with Gasteiger partial charge in [0.15, 0.2) is 6.10 Å². The number of amides is 1. The molecule has 0 radical (unpaired) electrons. The highest BCUT2D eigenvalue weighted by molar-refractivity contribution is 5.97. The minimum atomic E-state index is -0.437. The van der Waals surface area contributed by atoms with Crippen molar-refractivity contribution in [1.82, 2.24) is 4.57 Å². The zero-order valence-electron chi connectivity index (χ0n) is 12.2. The molecule has 4 rings (SSSR count). The quantitative estimate of drug-likeness (QED) is 0.786. The van der Waals surface area contributed by atoms with Crippen molar-refractivity contribution < 1.29 is 9.53 Å². The van der Waals surface area contributed by atoms with Crippen LogP contribution in [0.2, 0.25) is 0 Å². The number of benzene rings is 2. The monoisotopic (exact) mass is 292 g/mol. The first-order chi connectivity index (χ1) is 10.7. The Labute approximate surface area is 128 Å². The van der Waals surface area contributed by atoms with Crippen molar-refractivity contribution in [1.29, 1.82) is 0 Å². The van der Waals surface area contributed by atoms with Gasteiger partial charge in [-0.2, -0.15) is 0 Å². The highest BCUT2D eigenvalue weighted by atomic mass is 16.5. The lowest BCUT2D eigenvalue weighted by molar-refractivity contribution is -0.122. The molecule has 0 saturated carbocycles. The van der Waals surface area contributed by atoms with E-state index < -0.39 is 6.10 Å². The van der Waals surface area contributed by atoms with Crippen molar-refractivity contribution in [2.24, 2.45) is 0 Å². The molecule has 1 N–H and O–H groups in total. The number of nitrogens with one attached hydrogen (secondary N) is 1. The predicted octanol–water partition coefficient (Wildman–Crippen LogP) is 3.41. The summed E-state index contributed by atoms with van der Waals surface area (Å²) in [6, 6.07) is 14.2.